The van der Waals surface area contributed by atoms with E-state index in [1.54, 1.807) is 0 Å². The highest BCUT2D eigenvalue weighted by Crippen LogP contribution is 2.36. The van der Waals surface area contributed by atoms with Crippen molar-refractivity contribution in [3.8, 4) is 0 Å². The van der Waals surface area contributed by atoms with Crippen LogP contribution in [0.4, 0.5) is 0 Å². The normalized spacial score (nSPS) is 27.6. The molecule has 0 spiro atoms. The molecule has 0 atom stereocenters. The third-order valence-electron chi connectivity index (χ3n) is 2.67. The molecule has 2 nitrogen and oxygen atoms in total. The van der Waals surface area contributed by atoms with Gasteiger partial charge in [-0.05, 0) is 26.7 Å². The van der Waals surface area contributed by atoms with Crippen LogP contribution < -0.4 is 0 Å². The first kappa shape index (κ1) is 11.7. The second kappa shape index (κ2) is 4.01. The summed E-state index contributed by atoms with van der Waals surface area (Å²) in [4.78, 5) is 11.8. The van der Waals surface area contributed by atoms with Crippen LogP contribution in [-0.4, -0.2) is 18.0 Å². The number of rotatable bonds is 3. The summed E-state index contributed by atoms with van der Waals surface area (Å²) in [6, 6.07) is 0. The molecule has 0 radical (unpaired) electrons. The molecule has 0 unspecified atom stereocenters. The molecule has 0 N–H and O–H groups in total. The number of ketones is 1. The minimum absolute atomic E-state index is 0.187. The van der Waals surface area contributed by atoms with Gasteiger partial charge in [0.15, 0.2) is 0 Å². The molecule has 0 bridgehead atoms. The molecule has 82 valence electrons. The van der Waals surface area contributed by atoms with Crippen LogP contribution in [0.15, 0.2) is 0 Å². The lowest BCUT2D eigenvalue weighted by molar-refractivity contribution is -0.141. The molecule has 0 aromatic heterocycles. The Morgan fingerprint density at radius 1 is 1.29 bits per heavy atom. The predicted molar refractivity (Wildman–Crippen MR) is 57.2 cm³/mol. The Morgan fingerprint density at radius 3 is 2.14 bits per heavy atom. The van der Waals surface area contributed by atoms with Gasteiger partial charge in [0.05, 0.1) is 12.2 Å². The van der Waals surface area contributed by atoms with Crippen LogP contribution in [0.25, 0.3) is 0 Å². The number of Topliss-reactive ketones (excluding diaryl/α,β-unsaturated/α-hetero) is 1. The molecule has 0 aromatic carbocycles. The van der Waals surface area contributed by atoms with Gasteiger partial charge in [0, 0.05) is 11.3 Å². The summed E-state index contributed by atoms with van der Waals surface area (Å²) in [5.74, 6) is 0.639. The third-order valence-corrected chi connectivity index (χ3v) is 2.67. The zero-order valence-electron chi connectivity index (χ0n) is 9.96. The lowest BCUT2D eigenvalue weighted by Gasteiger charge is -2.38. The molecule has 2 heteroatoms. The Kier molecular flexibility index (Phi) is 3.36. The van der Waals surface area contributed by atoms with Crippen molar-refractivity contribution in [2.24, 2.45) is 11.3 Å². The lowest BCUT2D eigenvalue weighted by Crippen LogP contribution is -2.42. The Morgan fingerprint density at radius 2 is 1.79 bits per heavy atom. The molecular formula is C12H22O2. The van der Waals surface area contributed by atoms with Gasteiger partial charge in [-0.15, -0.1) is 0 Å². The van der Waals surface area contributed by atoms with Crippen molar-refractivity contribution >= 4 is 5.78 Å². The number of carbonyl (C=O) groups is 1. The largest absolute Gasteiger partial charge is 0.376 e. The molecule has 14 heavy (non-hydrogen) atoms. The molecular weight excluding hydrogens is 176 g/mol. The first-order valence-corrected chi connectivity index (χ1v) is 5.50. The summed E-state index contributed by atoms with van der Waals surface area (Å²) in [5.41, 5.74) is -0.187. The van der Waals surface area contributed by atoms with E-state index in [4.69, 9.17) is 4.74 Å². The maximum Gasteiger partial charge on any atom is 0.141 e. The fourth-order valence-corrected chi connectivity index (χ4v) is 1.89. The molecule has 1 saturated carbocycles. The smallest absolute Gasteiger partial charge is 0.141 e. The molecule has 0 amide bonds. The molecule has 1 rings (SSSR count). The quantitative estimate of drug-likeness (QED) is 0.697. The number of hydrogen-bond donors (Lipinski definition) is 0. The van der Waals surface area contributed by atoms with E-state index in [1.165, 1.54) is 0 Å². The van der Waals surface area contributed by atoms with E-state index >= 15 is 0 Å². The van der Waals surface area contributed by atoms with Gasteiger partial charge in [0.25, 0.3) is 0 Å². The molecule has 1 fully saturated rings. The number of hydrogen-bond acceptors (Lipinski definition) is 2. The van der Waals surface area contributed by atoms with Crippen LogP contribution in [0.3, 0.4) is 0 Å². The van der Waals surface area contributed by atoms with Crippen LogP contribution in [-0.2, 0) is 9.53 Å². The predicted octanol–water partition coefficient (Wildman–Crippen LogP) is 2.81. The van der Waals surface area contributed by atoms with Crippen LogP contribution >= 0.6 is 0 Å². The van der Waals surface area contributed by atoms with Crippen LogP contribution in [0.1, 0.15) is 47.5 Å². The topological polar surface area (TPSA) is 26.3 Å². The lowest BCUT2D eigenvalue weighted by atomic mass is 9.71. The fourth-order valence-electron chi connectivity index (χ4n) is 1.89. The summed E-state index contributed by atoms with van der Waals surface area (Å²) >= 11 is 0. The average Bonchev–Trinajstić information content (AvgIpc) is 1.92. The van der Waals surface area contributed by atoms with E-state index in [-0.39, 0.29) is 17.4 Å². The third kappa shape index (κ3) is 2.81. The van der Waals surface area contributed by atoms with Crippen LogP contribution in [0.2, 0.25) is 0 Å². The monoisotopic (exact) mass is 198 g/mol. The fraction of sp³-hybridized carbons (Fsp3) is 0.917. The van der Waals surface area contributed by atoms with Gasteiger partial charge in [-0.25, -0.2) is 0 Å². The van der Waals surface area contributed by atoms with E-state index in [0.717, 1.165) is 12.8 Å². The zero-order chi connectivity index (χ0) is 10.9. The van der Waals surface area contributed by atoms with Crippen molar-refractivity contribution in [1.29, 1.82) is 0 Å². The molecule has 0 aromatic rings. The number of ether oxygens (including phenoxy) is 1. The highest BCUT2D eigenvalue weighted by atomic mass is 16.5. The SMILES string of the molecule is CC(C)OC1CC(C(=O)C(C)(C)C)C1. The first-order chi connectivity index (χ1) is 6.30. The first-order valence-electron chi connectivity index (χ1n) is 5.50. The summed E-state index contributed by atoms with van der Waals surface area (Å²) < 4.78 is 5.63. The minimum atomic E-state index is -0.187. The van der Waals surface area contributed by atoms with E-state index in [2.05, 4.69) is 0 Å². The van der Waals surface area contributed by atoms with E-state index < -0.39 is 0 Å². The van der Waals surface area contributed by atoms with Crippen molar-refractivity contribution in [2.75, 3.05) is 0 Å². The van der Waals surface area contributed by atoms with Crippen molar-refractivity contribution in [3.63, 3.8) is 0 Å². The van der Waals surface area contributed by atoms with Crippen LogP contribution in [0.5, 0.6) is 0 Å². The van der Waals surface area contributed by atoms with Gasteiger partial charge < -0.3 is 4.74 Å². The molecule has 1 aliphatic rings. The summed E-state index contributed by atoms with van der Waals surface area (Å²) in [7, 11) is 0. The van der Waals surface area contributed by atoms with Gasteiger partial charge in [-0.2, -0.15) is 0 Å². The Hall–Kier alpha value is -0.370. The van der Waals surface area contributed by atoms with Gasteiger partial charge in [-0.1, -0.05) is 20.8 Å². The zero-order valence-corrected chi connectivity index (χ0v) is 9.96. The summed E-state index contributed by atoms with van der Waals surface area (Å²) in [6.07, 6.45) is 2.46. The van der Waals surface area contributed by atoms with Gasteiger partial charge in [0.2, 0.25) is 0 Å². The Labute approximate surface area is 87.0 Å². The van der Waals surface area contributed by atoms with E-state index in [1.807, 2.05) is 34.6 Å². The highest BCUT2D eigenvalue weighted by molar-refractivity contribution is 5.86. The van der Waals surface area contributed by atoms with Crippen LogP contribution in [0, 0.1) is 11.3 Å². The van der Waals surface area contributed by atoms with Gasteiger partial charge in [0.1, 0.15) is 5.78 Å². The van der Waals surface area contributed by atoms with Crippen molar-refractivity contribution < 1.29 is 9.53 Å². The maximum atomic E-state index is 11.8. The molecule has 0 saturated heterocycles. The van der Waals surface area contributed by atoms with E-state index in [0.29, 0.717) is 11.9 Å². The number of carbonyl (C=O) groups excluding carboxylic acids is 1. The van der Waals surface area contributed by atoms with E-state index in [9.17, 15) is 4.79 Å². The minimum Gasteiger partial charge on any atom is -0.376 e. The molecule has 0 aliphatic heterocycles. The van der Waals surface area contributed by atoms with Gasteiger partial charge >= 0.3 is 0 Å². The molecule has 1 aliphatic carbocycles. The Bertz CT molecular complexity index is 207. The molecule has 0 heterocycles. The van der Waals surface area contributed by atoms with Gasteiger partial charge in [-0.3, -0.25) is 4.79 Å². The second-order valence-corrected chi connectivity index (χ2v) is 5.59. The summed E-state index contributed by atoms with van der Waals surface area (Å²) in [6.45, 7) is 10.1. The van der Waals surface area contributed by atoms with Crippen molar-refractivity contribution in [2.45, 2.75) is 59.7 Å². The maximum absolute atomic E-state index is 11.8. The van der Waals surface area contributed by atoms with Crippen molar-refractivity contribution in [1.82, 2.24) is 0 Å². The Balaban J connectivity index is 2.31. The van der Waals surface area contributed by atoms with Crippen molar-refractivity contribution in [3.05, 3.63) is 0 Å². The highest BCUT2D eigenvalue weighted by Gasteiger charge is 2.39. The second-order valence-electron chi connectivity index (χ2n) is 5.59. The standard InChI is InChI=1S/C12H22O2/c1-8(2)14-10-6-9(7-10)11(13)12(3,4)5/h8-10H,6-7H2,1-5H3. The average molecular weight is 198 g/mol. The summed E-state index contributed by atoms with van der Waals surface area (Å²) in [5, 5.41) is 0.